The molecule has 0 unspecified atom stereocenters. The zero-order chi connectivity index (χ0) is 22.1. The van der Waals surface area contributed by atoms with E-state index < -0.39 is 0 Å². The van der Waals surface area contributed by atoms with Gasteiger partial charge in [-0.25, -0.2) is 0 Å². The van der Waals surface area contributed by atoms with E-state index in [1.807, 2.05) is 58.3 Å². The smallest absolute Gasteiger partial charge is 0.253 e. The Morgan fingerprint density at radius 3 is 1.88 bits per heavy atom. The zero-order valence-electron chi connectivity index (χ0n) is 18.0. The zero-order valence-corrected chi connectivity index (χ0v) is 18.0. The van der Waals surface area contributed by atoms with Crippen LogP contribution in [0.4, 0.5) is 0 Å². The summed E-state index contributed by atoms with van der Waals surface area (Å²) >= 11 is 0. The van der Waals surface area contributed by atoms with Crippen molar-refractivity contribution in [2.75, 3.05) is 26.2 Å². The number of fused-ring (bicyclic) bond motifs is 6. The topological polar surface area (TPSA) is 82.2 Å². The van der Waals surface area contributed by atoms with Crippen molar-refractivity contribution in [1.82, 2.24) is 25.2 Å². The third kappa shape index (κ3) is 2.81. The molecule has 1 N–H and O–H groups in total. The van der Waals surface area contributed by atoms with Crippen molar-refractivity contribution in [2.24, 2.45) is 23.7 Å². The maximum Gasteiger partial charge on any atom is 0.253 e. The lowest BCUT2D eigenvalue weighted by molar-refractivity contribution is 0.0629. The molecular formula is C26H23N5O2. The number of benzene rings is 3. The average molecular weight is 438 g/mol. The Morgan fingerprint density at radius 1 is 0.667 bits per heavy atom. The predicted molar refractivity (Wildman–Crippen MR) is 124 cm³/mol. The van der Waals surface area contributed by atoms with Crippen molar-refractivity contribution < 1.29 is 9.59 Å². The first-order valence-corrected chi connectivity index (χ1v) is 11.5. The second-order valence-electron chi connectivity index (χ2n) is 9.66. The summed E-state index contributed by atoms with van der Waals surface area (Å²) in [5.41, 5.74) is 2.90. The number of aromatic nitrogens is 3. The lowest BCUT2D eigenvalue weighted by Gasteiger charge is -2.42. The molecule has 3 fully saturated rings. The van der Waals surface area contributed by atoms with Crippen LogP contribution in [0.3, 0.4) is 0 Å². The van der Waals surface area contributed by atoms with Gasteiger partial charge in [0.1, 0.15) is 11.0 Å². The van der Waals surface area contributed by atoms with Crippen LogP contribution in [0, 0.1) is 23.7 Å². The normalized spacial score (nSPS) is 25.8. The van der Waals surface area contributed by atoms with Gasteiger partial charge < -0.3 is 9.80 Å². The van der Waals surface area contributed by atoms with E-state index in [0.29, 0.717) is 34.8 Å². The molecule has 2 aliphatic heterocycles. The summed E-state index contributed by atoms with van der Waals surface area (Å²) in [6.45, 7) is 3.15. The SMILES string of the molecule is O=C(c1ccc2ccccc2c1)N1C[C@@H]2[C@H](C1)[C@H]1CN(C(=O)c3ccc4n[nH]nc4c3)C[C@@H]21. The second kappa shape index (κ2) is 6.88. The lowest BCUT2D eigenvalue weighted by Crippen LogP contribution is -2.44. The van der Waals surface area contributed by atoms with Gasteiger partial charge in [0.05, 0.1) is 0 Å². The molecule has 1 aromatic heterocycles. The molecule has 2 amide bonds. The number of nitrogens with one attached hydrogen (secondary N) is 1. The highest BCUT2D eigenvalue weighted by atomic mass is 16.2. The predicted octanol–water partition coefficient (Wildman–Crippen LogP) is 3.20. The summed E-state index contributed by atoms with van der Waals surface area (Å²) in [7, 11) is 0. The van der Waals surface area contributed by atoms with Crippen LogP contribution in [0.1, 0.15) is 20.7 Å². The molecule has 7 rings (SSSR count). The van der Waals surface area contributed by atoms with E-state index in [-0.39, 0.29) is 11.8 Å². The summed E-state index contributed by atoms with van der Waals surface area (Å²) in [5, 5.41) is 13.0. The number of nitrogens with zero attached hydrogens (tertiary/aromatic N) is 4. The van der Waals surface area contributed by atoms with Gasteiger partial charge in [0.2, 0.25) is 0 Å². The Labute approximate surface area is 190 Å². The molecule has 7 heteroatoms. The monoisotopic (exact) mass is 437 g/mol. The third-order valence-electron chi connectivity index (χ3n) is 8.06. The van der Waals surface area contributed by atoms with Gasteiger partial charge in [0.15, 0.2) is 0 Å². The first kappa shape index (κ1) is 18.8. The Hall–Kier alpha value is -3.74. The van der Waals surface area contributed by atoms with Gasteiger partial charge in [-0.05, 0) is 64.8 Å². The van der Waals surface area contributed by atoms with Crippen molar-refractivity contribution in [3.05, 3.63) is 71.8 Å². The number of H-pyrrole nitrogens is 1. The summed E-state index contributed by atoms with van der Waals surface area (Å²) in [6, 6.07) is 19.6. The molecule has 7 nitrogen and oxygen atoms in total. The minimum atomic E-state index is 0.0662. The van der Waals surface area contributed by atoms with E-state index in [4.69, 9.17) is 0 Å². The number of carbonyl (C=O) groups excluding carboxylic acids is 2. The van der Waals surface area contributed by atoms with Gasteiger partial charge in [-0.15, -0.1) is 0 Å². The highest BCUT2D eigenvalue weighted by Gasteiger charge is 2.59. The molecule has 3 aromatic carbocycles. The highest BCUT2D eigenvalue weighted by molar-refractivity contribution is 5.99. The number of hydrogen-bond donors (Lipinski definition) is 1. The molecule has 164 valence electrons. The molecule has 0 bridgehead atoms. The summed E-state index contributed by atoms with van der Waals surface area (Å²) < 4.78 is 0. The summed E-state index contributed by atoms with van der Waals surface area (Å²) in [6.07, 6.45) is 0. The van der Waals surface area contributed by atoms with E-state index in [1.54, 1.807) is 0 Å². The van der Waals surface area contributed by atoms with Crippen molar-refractivity contribution in [3.63, 3.8) is 0 Å². The Balaban J connectivity index is 1.04. The van der Waals surface area contributed by atoms with Crippen molar-refractivity contribution in [1.29, 1.82) is 0 Å². The first-order valence-electron chi connectivity index (χ1n) is 11.5. The van der Waals surface area contributed by atoms with Gasteiger partial charge in [-0.2, -0.15) is 15.4 Å². The van der Waals surface area contributed by atoms with Gasteiger partial charge in [-0.3, -0.25) is 9.59 Å². The maximum absolute atomic E-state index is 13.2. The molecule has 0 radical (unpaired) electrons. The standard InChI is InChI=1S/C26H23N5O2/c32-25(17-6-5-15-3-1-2-4-16(15)9-17)30-11-19-20(12-30)22-14-31(13-21(19)22)26(33)18-7-8-23-24(10-18)28-29-27-23/h1-10,19-22H,11-14H2,(H,27,28,29)/t19-,20+,21+,22-. The van der Waals surface area contributed by atoms with Crippen LogP contribution in [0.25, 0.3) is 21.8 Å². The molecule has 3 heterocycles. The number of likely N-dealkylation sites (tertiary alicyclic amines) is 2. The minimum Gasteiger partial charge on any atom is -0.338 e. The van der Waals surface area contributed by atoms with Crippen LogP contribution in [0.2, 0.25) is 0 Å². The molecular weight excluding hydrogens is 414 g/mol. The first-order chi connectivity index (χ1) is 16.2. The molecule has 3 aliphatic rings. The number of carbonyl (C=O) groups is 2. The van der Waals surface area contributed by atoms with Crippen molar-refractivity contribution in [2.45, 2.75) is 0 Å². The molecule has 0 spiro atoms. The van der Waals surface area contributed by atoms with Crippen LogP contribution in [-0.2, 0) is 0 Å². The fraction of sp³-hybridized carbons (Fsp3) is 0.308. The van der Waals surface area contributed by atoms with Gasteiger partial charge in [-0.1, -0.05) is 30.3 Å². The third-order valence-corrected chi connectivity index (χ3v) is 8.06. The van der Waals surface area contributed by atoms with E-state index in [9.17, 15) is 9.59 Å². The molecule has 1 aliphatic carbocycles. The Bertz CT molecular complexity index is 1410. The van der Waals surface area contributed by atoms with E-state index in [2.05, 4.69) is 27.5 Å². The maximum atomic E-state index is 13.2. The molecule has 4 atom stereocenters. The second-order valence-corrected chi connectivity index (χ2v) is 9.66. The summed E-state index contributed by atoms with van der Waals surface area (Å²) in [4.78, 5) is 30.4. The quantitative estimate of drug-likeness (QED) is 0.522. The number of rotatable bonds is 2. The van der Waals surface area contributed by atoms with Crippen LogP contribution in [-0.4, -0.2) is 63.2 Å². The molecule has 4 aromatic rings. The van der Waals surface area contributed by atoms with Crippen LogP contribution < -0.4 is 0 Å². The highest BCUT2D eigenvalue weighted by Crippen LogP contribution is 2.54. The Morgan fingerprint density at radius 2 is 1.21 bits per heavy atom. The van der Waals surface area contributed by atoms with Crippen LogP contribution >= 0.6 is 0 Å². The molecule has 2 saturated heterocycles. The van der Waals surface area contributed by atoms with E-state index >= 15 is 0 Å². The average Bonchev–Trinajstić information content (AvgIpc) is 3.56. The number of aromatic amines is 1. The molecule has 33 heavy (non-hydrogen) atoms. The minimum absolute atomic E-state index is 0.0662. The van der Waals surface area contributed by atoms with Crippen LogP contribution in [0.15, 0.2) is 60.7 Å². The van der Waals surface area contributed by atoms with E-state index in [1.165, 1.54) is 0 Å². The number of amides is 2. The van der Waals surface area contributed by atoms with E-state index in [0.717, 1.165) is 48.0 Å². The fourth-order valence-electron chi connectivity index (χ4n) is 6.37. The van der Waals surface area contributed by atoms with Crippen molar-refractivity contribution in [3.8, 4) is 0 Å². The van der Waals surface area contributed by atoms with Crippen LogP contribution in [0.5, 0.6) is 0 Å². The van der Waals surface area contributed by atoms with Gasteiger partial charge >= 0.3 is 0 Å². The lowest BCUT2D eigenvalue weighted by atomic mass is 9.60. The Kier molecular flexibility index (Phi) is 3.92. The summed E-state index contributed by atoms with van der Waals surface area (Å²) in [5.74, 6) is 2.16. The number of hydrogen-bond acceptors (Lipinski definition) is 4. The van der Waals surface area contributed by atoms with Crippen molar-refractivity contribution >= 4 is 33.6 Å². The largest absolute Gasteiger partial charge is 0.338 e. The van der Waals surface area contributed by atoms with Gasteiger partial charge in [0.25, 0.3) is 11.8 Å². The fourth-order valence-corrected chi connectivity index (χ4v) is 6.37. The van der Waals surface area contributed by atoms with Gasteiger partial charge in [0, 0.05) is 37.3 Å². The molecule has 1 saturated carbocycles.